The Hall–Kier alpha value is -0.720. The van der Waals surface area contributed by atoms with Crippen LogP contribution in [0, 0.1) is 29.1 Å². The first-order chi connectivity index (χ1) is 9.20. The van der Waals surface area contributed by atoms with Crippen LogP contribution in [0.2, 0.25) is 0 Å². The number of ether oxygens (including phenoxy) is 3. The van der Waals surface area contributed by atoms with Crippen LogP contribution in [-0.4, -0.2) is 36.8 Å². The van der Waals surface area contributed by atoms with Gasteiger partial charge < -0.3 is 14.2 Å². The minimum atomic E-state index is -1.03. The minimum absolute atomic E-state index is 0.294. The van der Waals surface area contributed by atoms with Gasteiger partial charge in [-0.3, -0.25) is 0 Å². The van der Waals surface area contributed by atoms with Gasteiger partial charge in [-0.2, -0.15) is 5.26 Å². The van der Waals surface area contributed by atoms with Crippen molar-refractivity contribution in [3.8, 4) is 18.4 Å². The predicted octanol–water partition coefficient (Wildman–Crippen LogP) is 2.15. The van der Waals surface area contributed by atoms with E-state index in [4.69, 9.17) is 20.6 Å². The summed E-state index contributed by atoms with van der Waals surface area (Å²) >= 11 is 1.64. The van der Waals surface area contributed by atoms with Gasteiger partial charge in [-0.05, 0) is 6.42 Å². The molecule has 0 aromatic rings. The van der Waals surface area contributed by atoms with E-state index in [1.807, 2.05) is 0 Å². The van der Waals surface area contributed by atoms with Gasteiger partial charge in [-0.15, -0.1) is 18.2 Å². The fourth-order valence-corrected chi connectivity index (χ4v) is 3.24. The second kappa shape index (κ2) is 6.15. The number of fused-ring (bicyclic) bond motifs is 3. The van der Waals surface area contributed by atoms with Crippen LogP contribution >= 0.6 is 11.8 Å². The van der Waals surface area contributed by atoms with Crippen LogP contribution < -0.4 is 0 Å². The highest BCUT2D eigenvalue weighted by atomic mass is 32.2. The summed E-state index contributed by atoms with van der Waals surface area (Å²) in [5.41, 5.74) is -0.294. The van der Waals surface area contributed by atoms with Crippen LogP contribution in [0.3, 0.4) is 0 Å². The molecule has 3 fully saturated rings. The van der Waals surface area contributed by atoms with Gasteiger partial charge in [0.05, 0.1) is 30.5 Å². The van der Waals surface area contributed by atoms with Crippen LogP contribution in [0.1, 0.15) is 26.2 Å². The highest BCUT2D eigenvalue weighted by Crippen LogP contribution is 2.47. The van der Waals surface area contributed by atoms with Crippen molar-refractivity contribution in [3.05, 3.63) is 0 Å². The molecule has 3 saturated heterocycles. The summed E-state index contributed by atoms with van der Waals surface area (Å²) in [6.45, 7) is 3.17. The van der Waals surface area contributed by atoms with Crippen LogP contribution in [0.5, 0.6) is 0 Å². The first-order valence-corrected chi connectivity index (χ1v) is 7.72. The molecule has 0 N–H and O–H groups in total. The van der Waals surface area contributed by atoms with E-state index in [1.165, 1.54) is 0 Å². The molecule has 0 amide bonds. The molecule has 1 unspecified atom stereocenters. The van der Waals surface area contributed by atoms with Crippen molar-refractivity contribution < 1.29 is 14.2 Å². The van der Waals surface area contributed by atoms with Gasteiger partial charge in [0.2, 0.25) is 0 Å². The highest BCUT2D eigenvalue weighted by molar-refractivity contribution is 7.99. The summed E-state index contributed by atoms with van der Waals surface area (Å²) in [5.74, 6) is 3.01. The average molecular weight is 281 g/mol. The molecule has 1 atom stereocenters. The summed E-state index contributed by atoms with van der Waals surface area (Å²) in [4.78, 5) is 0. The lowest BCUT2D eigenvalue weighted by Gasteiger charge is -2.54. The molecule has 2 bridgehead atoms. The summed E-state index contributed by atoms with van der Waals surface area (Å²) in [7, 11) is 0. The van der Waals surface area contributed by atoms with Gasteiger partial charge in [0.25, 0.3) is 5.97 Å². The highest BCUT2D eigenvalue weighted by Gasteiger charge is 2.57. The fraction of sp³-hybridized carbons (Fsp3) is 0.786. The molecule has 0 spiro atoms. The van der Waals surface area contributed by atoms with Gasteiger partial charge in [-0.1, -0.05) is 19.3 Å². The zero-order chi connectivity index (χ0) is 13.8. The van der Waals surface area contributed by atoms with Crippen LogP contribution in [0.4, 0.5) is 0 Å². The smallest absolute Gasteiger partial charge is 0.285 e. The molecule has 3 heterocycles. The Morgan fingerprint density at radius 3 is 2.68 bits per heavy atom. The molecule has 0 aromatic carbocycles. The van der Waals surface area contributed by atoms with Crippen molar-refractivity contribution >= 4 is 11.8 Å². The lowest BCUT2D eigenvalue weighted by molar-refractivity contribution is -0.481. The first-order valence-electron chi connectivity index (χ1n) is 6.57. The lowest BCUT2D eigenvalue weighted by atomic mass is 9.78. The largest absolute Gasteiger partial charge is 0.327 e. The molecule has 0 aliphatic carbocycles. The van der Waals surface area contributed by atoms with Crippen LogP contribution in [0.15, 0.2) is 0 Å². The van der Waals surface area contributed by atoms with Crippen molar-refractivity contribution in [2.45, 2.75) is 38.3 Å². The number of terminal acetylenes is 1. The van der Waals surface area contributed by atoms with Crippen molar-refractivity contribution in [2.24, 2.45) is 5.41 Å². The van der Waals surface area contributed by atoms with E-state index in [0.29, 0.717) is 25.4 Å². The summed E-state index contributed by atoms with van der Waals surface area (Å²) in [6.07, 6.45) is 7.23. The Kier molecular flexibility index (Phi) is 4.76. The standard InChI is InChI=1S/C14H19NO3S/c1-3-5-13-10-16-14(17-11-13,18-12(13)9-15)6-8-19-7-4-2/h2,12H,3,5-8,10-11H2,1H3. The molecule has 104 valence electrons. The van der Waals surface area contributed by atoms with Gasteiger partial charge in [0.15, 0.2) is 6.10 Å². The molecule has 3 aliphatic heterocycles. The van der Waals surface area contributed by atoms with Crippen molar-refractivity contribution in [2.75, 3.05) is 24.7 Å². The summed E-state index contributed by atoms with van der Waals surface area (Å²) < 4.78 is 17.3. The van der Waals surface area contributed by atoms with E-state index >= 15 is 0 Å². The molecule has 5 heteroatoms. The number of thioether (sulfide) groups is 1. The Labute approximate surface area is 118 Å². The van der Waals surface area contributed by atoms with Crippen LogP contribution in [0.25, 0.3) is 0 Å². The van der Waals surface area contributed by atoms with Crippen molar-refractivity contribution in [3.63, 3.8) is 0 Å². The number of hydrogen-bond acceptors (Lipinski definition) is 5. The maximum absolute atomic E-state index is 9.31. The van der Waals surface area contributed by atoms with Gasteiger partial charge in [-0.25, -0.2) is 0 Å². The van der Waals surface area contributed by atoms with Gasteiger partial charge in [0.1, 0.15) is 0 Å². The molecule has 3 aliphatic rings. The van der Waals surface area contributed by atoms with Gasteiger partial charge in [0, 0.05) is 12.2 Å². The SMILES string of the molecule is C#CCSCCC12OCC(CCC)(CO1)C(C#N)O2. The van der Waals surface area contributed by atoms with Gasteiger partial charge >= 0.3 is 0 Å². The molecular formula is C14H19NO3S. The third kappa shape index (κ3) is 2.90. The number of nitriles is 1. The summed E-state index contributed by atoms with van der Waals surface area (Å²) in [6, 6.07) is 2.27. The molecule has 3 rings (SSSR count). The average Bonchev–Trinajstić information content (AvgIpc) is 2.45. The molecule has 0 radical (unpaired) electrons. The molecule has 0 saturated carbocycles. The van der Waals surface area contributed by atoms with Crippen molar-refractivity contribution in [1.82, 2.24) is 0 Å². The zero-order valence-corrected chi connectivity index (χ0v) is 12.0. The Morgan fingerprint density at radius 2 is 2.11 bits per heavy atom. The quantitative estimate of drug-likeness (QED) is 0.551. The molecule has 19 heavy (non-hydrogen) atoms. The Balaban J connectivity index is 1.97. The Bertz CT molecular complexity index is 390. The number of rotatable bonds is 6. The van der Waals surface area contributed by atoms with E-state index in [2.05, 4.69) is 18.9 Å². The lowest BCUT2D eigenvalue weighted by Crippen LogP contribution is -2.64. The van der Waals surface area contributed by atoms with E-state index in [0.717, 1.165) is 18.6 Å². The second-order valence-electron chi connectivity index (χ2n) is 5.01. The maximum atomic E-state index is 9.31. The number of hydrogen-bond donors (Lipinski definition) is 0. The van der Waals surface area contributed by atoms with Crippen molar-refractivity contribution in [1.29, 1.82) is 5.26 Å². The predicted molar refractivity (Wildman–Crippen MR) is 73.2 cm³/mol. The Morgan fingerprint density at radius 1 is 1.37 bits per heavy atom. The topological polar surface area (TPSA) is 51.5 Å². The second-order valence-corrected chi connectivity index (χ2v) is 6.11. The van der Waals surface area contributed by atoms with E-state index in [9.17, 15) is 5.26 Å². The summed E-state index contributed by atoms with van der Waals surface area (Å²) in [5, 5.41) is 9.31. The van der Waals surface area contributed by atoms with E-state index < -0.39 is 12.1 Å². The normalized spacial score (nSPS) is 36.7. The molecular weight excluding hydrogens is 262 g/mol. The fourth-order valence-electron chi connectivity index (χ4n) is 2.58. The third-order valence-electron chi connectivity index (χ3n) is 3.62. The van der Waals surface area contributed by atoms with E-state index in [-0.39, 0.29) is 5.41 Å². The first kappa shape index (κ1) is 14.7. The minimum Gasteiger partial charge on any atom is -0.327 e. The monoisotopic (exact) mass is 281 g/mol. The maximum Gasteiger partial charge on any atom is 0.285 e. The molecule has 0 aromatic heterocycles. The molecule has 4 nitrogen and oxygen atoms in total. The van der Waals surface area contributed by atoms with E-state index in [1.54, 1.807) is 11.8 Å². The number of nitrogens with zero attached hydrogens (tertiary/aromatic N) is 1. The zero-order valence-electron chi connectivity index (χ0n) is 11.2. The third-order valence-corrected chi connectivity index (χ3v) is 4.48. The van der Waals surface area contributed by atoms with Crippen LogP contribution in [-0.2, 0) is 14.2 Å².